The second kappa shape index (κ2) is 8.89. The van der Waals surface area contributed by atoms with E-state index in [0.717, 1.165) is 42.1 Å². The maximum atomic E-state index is 12.5. The van der Waals surface area contributed by atoms with Gasteiger partial charge in [0.05, 0.1) is 17.8 Å². The number of nitrogens with zero attached hydrogens (tertiary/aromatic N) is 2. The molecule has 0 aliphatic carbocycles. The van der Waals surface area contributed by atoms with Gasteiger partial charge in [0.2, 0.25) is 5.91 Å². The van der Waals surface area contributed by atoms with E-state index in [1.807, 2.05) is 42.8 Å². The molecule has 2 atom stereocenters. The van der Waals surface area contributed by atoms with E-state index < -0.39 is 0 Å². The van der Waals surface area contributed by atoms with Crippen LogP contribution in [0.2, 0.25) is 5.02 Å². The number of amides is 1. The molecular weight excluding hydrogens is 371 g/mol. The molecule has 1 fully saturated rings. The van der Waals surface area contributed by atoms with Gasteiger partial charge in [0.1, 0.15) is 0 Å². The van der Waals surface area contributed by atoms with Crippen LogP contribution in [0.15, 0.2) is 24.3 Å². The minimum absolute atomic E-state index is 0. The van der Waals surface area contributed by atoms with Gasteiger partial charge in [-0.1, -0.05) is 18.5 Å². The number of hydrogen-bond donors (Lipinski definition) is 2. The molecule has 1 aliphatic rings. The lowest BCUT2D eigenvalue weighted by atomic mass is 9.95. The molecule has 26 heavy (non-hydrogen) atoms. The van der Waals surface area contributed by atoms with Crippen molar-refractivity contribution in [2.75, 3.05) is 13.1 Å². The number of hydrogen-bond acceptors (Lipinski definition) is 3. The summed E-state index contributed by atoms with van der Waals surface area (Å²) < 4.78 is 1.88. The summed E-state index contributed by atoms with van der Waals surface area (Å²) >= 11 is 5.96. The molecule has 1 aliphatic heterocycles. The summed E-state index contributed by atoms with van der Waals surface area (Å²) in [4.78, 5) is 12.5. The summed E-state index contributed by atoms with van der Waals surface area (Å²) in [5, 5.41) is 11.9. The fraction of sp³-hybridized carbons (Fsp3) is 0.474. The van der Waals surface area contributed by atoms with Gasteiger partial charge in [0, 0.05) is 22.3 Å². The average molecular weight is 397 g/mol. The van der Waals surface area contributed by atoms with Crippen molar-refractivity contribution in [2.45, 2.75) is 39.7 Å². The Kier molecular flexibility index (Phi) is 7.09. The van der Waals surface area contributed by atoms with E-state index in [4.69, 9.17) is 11.6 Å². The molecule has 1 amide bonds. The number of carbonyl (C=O) groups is 1. The standard InChI is InChI=1S/C19H25ClN4O.ClH/c1-12-11-21-9-8-18(12)22-19(25)10-17-13(2)23-24(14(17)3)16-6-4-15(20)5-7-16;/h4-7,12,18,21H,8-11H2,1-3H3,(H,22,25);1H. The lowest BCUT2D eigenvalue weighted by Gasteiger charge is -2.30. The van der Waals surface area contributed by atoms with Gasteiger partial charge in [-0.3, -0.25) is 4.79 Å². The van der Waals surface area contributed by atoms with Crippen LogP contribution in [-0.4, -0.2) is 34.8 Å². The third-order valence-electron chi connectivity index (χ3n) is 4.98. The number of halogens is 2. The van der Waals surface area contributed by atoms with Crippen molar-refractivity contribution in [3.05, 3.63) is 46.2 Å². The predicted molar refractivity (Wildman–Crippen MR) is 108 cm³/mol. The number of rotatable bonds is 4. The van der Waals surface area contributed by atoms with Gasteiger partial charge in [0.25, 0.3) is 0 Å². The number of carbonyl (C=O) groups excluding carboxylic acids is 1. The van der Waals surface area contributed by atoms with Gasteiger partial charge in [-0.05, 0) is 63.5 Å². The topological polar surface area (TPSA) is 59.0 Å². The van der Waals surface area contributed by atoms with Crippen molar-refractivity contribution in [3.8, 4) is 5.69 Å². The third kappa shape index (κ3) is 4.58. The highest BCUT2D eigenvalue weighted by Gasteiger charge is 2.24. The zero-order valence-electron chi connectivity index (χ0n) is 15.4. The highest BCUT2D eigenvalue weighted by Crippen LogP contribution is 2.20. The highest BCUT2D eigenvalue weighted by molar-refractivity contribution is 6.30. The molecular formula is C19H26Cl2N4O. The Balaban J connectivity index is 0.00000243. The third-order valence-corrected chi connectivity index (χ3v) is 5.23. The molecule has 142 valence electrons. The molecule has 7 heteroatoms. The maximum absolute atomic E-state index is 12.5. The Hall–Kier alpha value is -1.56. The molecule has 2 heterocycles. The summed E-state index contributed by atoms with van der Waals surface area (Å²) in [7, 11) is 0. The Morgan fingerprint density at radius 2 is 2.04 bits per heavy atom. The van der Waals surface area contributed by atoms with E-state index in [0.29, 0.717) is 17.4 Å². The van der Waals surface area contributed by atoms with Gasteiger partial charge in [-0.15, -0.1) is 12.4 Å². The molecule has 5 nitrogen and oxygen atoms in total. The van der Waals surface area contributed by atoms with Gasteiger partial charge >= 0.3 is 0 Å². The maximum Gasteiger partial charge on any atom is 0.224 e. The Labute approximate surface area is 165 Å². The van der Waals surface area contributed by atoms with Crippen LogP contribution < -0.4 is 10.6 Å². The fourth-order valence-corrected chi connectivity index (χ4v) is 3.54. The van der Waals surface area contributed by atoms with E-state index in [-0.39, 0.29) is 24.4 Å². The van der Waals surface area contributed by atoms with Gasteiger partial charge in [-0.25, -0.2) is 4.68 Å². The Morgan fingerprint density at radius 3 is 2.69 bits per heavy atom. The van der Waals surface area contributed by atoms with Crippen molar-refractivity contribution >= 4 is 29.9 Å². The van der Waals surface area contributed by atoms with E-state index in [1.165, 1.54) is 0 Å². The number of aromatic nitrogens is 2. The fourth-order valence-electron chi connectivity index (χ4n) is 3.41. The lowest BCUT2D eigenvalue weighted by Crippen LogP contribution is -2.48. The summed E-state index contributed by atoms with van der Waals surface area (Å²) in [5.74, 6) is 0.525. The minimum Gasteiger partial charge on any atom is -0.353 e. The number of benzene rings is 1. The van der Waals surface area contributed by atoms with E-state index in [1.54, 1.807) is 0 Å². The van der Waals surface area contributed by atoms with Crippen molar-refractivity contribution in [3.63, 3.8) is 0 Å². The Bertz CT molecular complexity index is 758. The van der Waals surface area contributed by atoms with Crippen molar-refractivity contribution in [1.82, 2.24) is 20.4 Å². The first-order valence-electron chi connectivity index (χ1n) is 8.77. The molecule has 0 radical (unpaired) electrons. The van der Waals surface area contributed by atoms with Crippen LogP contribution in [0.3, 0.4) is 0 Å². The molecule has 0 bridgehead atoms. The molecule has 2 unspecified atom stereocenters. The number of piperidine rings is 1. The second-order valence-electron chi connectivity index (χ2n) is 6.86. The monoisotopic (exact) mass is 396 g/mol. The highest BCUT2D eigenvalue weighted by atomic mass is 35.5. The normalized spacial score (nSPS) is 19.7. The largest absolute Gasteiger partial charge is 0.353 e. The SMILES string of the molecule is Cc1nn(-c2ccc(Cl)cc2)c(C)c1CC(=O)NC1CCNCC1C.Cl. The molecule has 0 spiro atoms. The van der Waals surface area contributed by atoms with Gasteiger partial charge in [-0.2, -0.15) is 5.10 Å². The van der Waals surface area contributed by atoms with Gasteiger partial charge in [0.15, 0.2) is 0 Å². The van der Waals surface area contributed by atoms with Crippen LogP contribution in [0.5, 0.6) is 0 Å². The van der Waals surface area contributed by atoms with Crippen molar-refractivity contribution < 1.29 is 4.79 Å². The Morgan fingerprint density at radius 1 is 1.35 bits per heavy atom. The molecule has 2 aromatic rings. The summed E-state index contributed by atoms with van der Waals surface area (Å²) in [6.07, 6.45) is 1.34. The summed E-state index contributed by atoms with van der Waals surface area (Å²) in [6, 6.07) is 7.81. The summed E-state index contributed by atoms with van der Waals surface area (Å²) in [6.45, 7) is 8.05. The second-order valence-corrected chi connectivity index (χ2v) is 7.29. The first kappa shape index (κ1) is 20.7. The van der Waals surface area contributed by atoms with E-state index >= 15 is 0 Å². The molecule has 1 aromatic carbocycles. The number of aryl methyl sites for hydroxylation is 1. The van der Waals surface area contributed by atoms with Gasteiger partial charge < -0.3 is 10.6 Å². The van der Waals surface area contributed by atoms with Crippen LogP contribution in [-0.2, 0) is 11.2 Å². The average Bonchev–Trinajstić information content (AvgIpc) is 2.86. The predicted octanol–water partition coefficient (Wildman–Crippen LogP) is 3.22. The quantitative estimate of drug-likeness (QED) is 0.833. The molecule has 1 aromatic heterocycles. The molecule has 0 saturated carbocycles. The first-order valence-corrected chi connectivity index (χ1v) is 9.14. The van der Waals surface area contributed by atoms with E-state index in [9.17, 15) is 4.79 Å². The minimum atomic E-state index is 0. The van der Waals surface area contributed by atoms with Crippen LogP contribution in [0.1, 0.15) is 30.3 Å². The zero-order valence-corrected chi connectivity index (χ0v) is 17.0. The molecule has 2 N–H and O–H groups in total. The first-order chi connectivity index (χ1) is 12.0. The molecule has 3 rings (SSSR count). The van der Waals surface area contributed by atoms with E-state index in [2.05, 4.69) is 22.7 Å². The van der Waals surface area contributed by atoms with Crippen molar-refractivity contribution in [1.29, 1.82) is 0 Å². The molecule has 1 saturated heterocycles. The van der Waals surface area contributed by atoms with Crippen LogP contribution in [0.4, 0.5) is 0 Å². The van der Waals surface area contributed by atoms with Crippen molar-refractivity contribution in [2.24, 2.45) is 5.92 Å². The zero-order chi connectivity index (χ0) is 18.0. The van der Waals surface area contributed by atoms with Crippen LogP contribution in [0, 0.1) is 19.8 Å². The smallest absolute Gasteiger partial charge is 0.224 e. The van der Waals surface area contributed by atoms with Crippen LogP contribution in [0.25, 0.3) is 5.69 Å². The summed E-state index contributed by atoms with van der Waals surface area (Å²) in [5.41, 5.74) is 3.83. The number of nitrogens with one attached hydrogen (secondary N) is 2. The lowest BCUT2D eigenvalue weighted by molar-refractivity contribution is -0.121. The van der Waals surface area contributed by atoms with Crippen LogP contribution >= 0.6 is 24.0 Å².